The first kappa shape index (κ1) is 21.0. The Morgan fingerprint density at radius 1 is 1.31 bits per heavy atom. The van der Waals surface area contributed by atoms with Crippen LogP contribution in [0.15, 0.2) is 48.8 Å². The Labute approximate surface area is 171 Å². The number of hydrogen-bond acceptors (Lipinski definition) is 5. The van der Waals surface area contributed by atoms with Crippen LogP contribution in [-0.4, -0.2) is 59.3 Å². The molecule has 1 fully saturated rings. The van der Waals surface area contributed by atoms with Crippen molar-refractivity contribution in [1.29, 1.82) is 0 Å². The molecule has 0 aliphatic carbocycles. The molecule has 2 aromatic rings. The van der Waals surface area contributed by atoms with Gasteiger partial charge in [0.25, 0.3) is 5.91 Å². The fourth-order valence-electron chi connectivity index (χ4n) is 3.17. The van der Waals surface area contributed by atoms with Crippen molar-refractivity contribution < 1.29 is 14.6 Å². The fraction of sp³-hybridized carbons (Fsp3) is 0.391. The molecule has 0 bridgehead atoms. The van der Waals surface area contributed by atoms with Crippen molar-refractivity contribution in [2.24, 2.45) is 0 Å². The summed E-state index contributed by atoms with van der Waals surface area (Å²) >= 11 is 0. The molecule has 2 N–H and O–H groups in total. The maximum Gasteiger partial charge on any atom is 0.251 e. The third kappa shape index (κ3) is 6.40. The Bertz CT molecular complexity index is 875. The average molecular weight is 393 g/mol. The van der Waals surface area contributed by atoms with E-state index in [-0.39, 0.29) is 11.9 Å². The van der Waals surface area contributed by atoms with Gasteiger partial charge in [-0.1, -0.05) is 24.0 Å². The number of pyridine rings is 1. The first-order chi connectivity index (χ1) is 13.9. The van der Waals surface area contributed by atoms with E-state index in [4.69, 9.17) is 4.74 Å². The van der Waals surface area contributed by atoms with Crippen LogP contribution in [0, 0.1) is 11.8 Å². The van der Waals surface area contributed by atoms with Gasteiger partial charge in [0.1, 0.15) is 5.60 Å². The van der Waals surface area contributed by atoms with Crippen LogP contribution in [0.2, 0.25) is 0 Å². The van der Waals surface area contributed by atoms with Gasteiger partial charge in [-0.3, -0.25) is 14.7 Å². The molecule has 6 nitrogen and oxygen atoms in total. The highest BCUT2D eigenvalue weighted by Crippen LogP contribution is 2.20. The minimum atomic E-state index is -1.08. The summed E-state index contributed by atoms with van der Waals surface area (Å²) in [4.78, 5) is 19.3. The van der Waals surface area contributed by atoms with E-state index < -0.39 is 5.60 Å². The molecule has 1 aliphatic heterocycles. The van der Waals surface area contributed by atoms with E-state index >= 15 is 0 Å². The average Bonchev–Trinajstić information content (AvgIpc) is 2.73. The van der Waals surface area contributed by atoms with Gasteiger partial charge >= 0.3 is 0 Å². The van der Waals surface area contributed by atoms with Crippen LogP contribution in [-0.2, 0) is 4.74 Å². The minimum absolute atomic E-state index is 0.0368. The number of aromatic nitrogens is 1. The molecule has 6 heteroatoms. The summed E-state index contributed by atoms with van der Waals surface area (Å²) in [5.74, 6) is 5.53. The van der Waals surface area contributed by atoms with E-state index in [9.17, 15) is 9.90 Å². The third-order valence-corrected chi connectivity index (χ3v) is 4.65. The summed E-state index contributed by atoms with van der Waals surface area (Å²) in [6, 6.07) is 11.1. The number of carbonyl (C=O) groups is 1. The van der Waals surface area contributed by atoms with E-state index in [2.05, 4.69) is 27.0 Å². The number of aliphatic hydroxyl groups is 1. The van der Waals surface area contributed by atoms with Crippen molar-refractivity contribution in [3.05, 3.63) is 65.5 Å². The summed E-state index contributed by atoms with van der Waals surface area (Å²) in [5, 5.41) is 12.8. The quantitative estimate of drug-likeness (QED) is 0.760. The number of ether oxygens (including phenoxy) is 1. The molecule has 1 amide bonds. The van der Waals surface area contributed by atoms with E-state index in [0.29, 0.717) is 30.9 Å². The predicted octanol–water partition coefficient (Wildman–Crippen LogP) is 2.01. The van der Waals surface area contributed by atoms with Crippen LogP contribution in [0.3, 0.4) is 0 Å². The molecule has 152 valence electrons. The van der Waals surface area contributed by atoms with Crippen LogP contribution >= 0.6 is 0 Å². The molecular weight excluding hydrogens is 366 g/mol. The van der Waals surface area contributed by atoms with Gasteiger partial charge in [0, 0.05) is 43.2 Å². The molecule has 1 unspecified atom stereocenters. The van der Waals surface area contributed by atoms with Gasteiger partial charge in [0.05, 0.1) is 19.3 Å². The highest BCUT2D eigenvalue weighted by atomic mass is 16.5. The molecule has 29 heavy (non-hydrogen) atoms. The maximum absolute atomic E-state index is 12.7. The highest BCUT2D eigenvalue weighted by Gasteiger charge is 2.23. The highest BCUT2D eigenvalue weighted by molar-refractivity contribution is 5.94. The zero-order valence-electron chi connectivity index (χ0n) is 16.9. The lowest BCUT2D eigenvalue weighted by Crippen LogP contribution is -2.43. The lowest BCUT2D eigenvalue weighted by molar-refractivity contribution is 0.0161. The van der Waals surface area contributed by atoms with Gasteiger partial charge in [0.15, 0.2) is 0 Å². The first-order valence-corrected chi connectivity index (χ1v) is 9.78. The number of carbonyl (C=O) groups excluding carboxylic acids is 1. The number of benzene rings is 1. The smallest absolute Gasteiger partial charge is 0.251 e. The topological polar surface area (TPSA) is 74.7 Å². The summed E-state index contributed by atoms with van der Waals surface area (Å²) in [6.45, 7) is 6.74. The normalized spacial score (nSPS) is 15.8. The lowest BCUT2D eigenvalue weighted by atomic mass is 10.1. The first-order valence-electron chi connectivity index (χ1n) is 9.78. The molecule has 1 aromatic carbocycles. The SMILES string of the molecule is CC(C)(O)C#Cc1cccc(C(=O)NCC(c2cccnc2)N2CCOCC2)c1. The van der Waals surface area contributed by atoms with Gasteiger partial charge in [-0.05, 0) is 43.7 Å². The van der Waals surface area contributed by atoms with E-state index in [0.717, 1.165) is 18.7 Å². The molecule has 1 aromatic heterocycles. The molecule has 2 heterocycles. The van der Waals surface area contributed by atoms with E-state index in [1.165, 1.54) is 0 Å². The van der Waals surface area contributed by atoms with Crippen molar-refractivity contribution in [2.45, 2.75) is 25.5 Å². The van der Waals surface area contributed by atoms with Crippen LogP contribution in [0.1, 0.15) is 41.4 Å². The Balaban J connectivity index is 1.70. The minimum Gasteiger partial charge on any atom is -0.379 e. The monoisotopic (exact) mass is 393 g/mol. The van der Waals surface area contributed by atoms with Crippen molar-refractivity contribution in [3.63, 3.8) is 0 Å². The largest absolute Gasteiger partial charge is 0.379 e. The predicted molar refractivity (Wildman–Crippen MR) is 111 cm³/mol. The second kappa shape index (κ2) is 9.66. The van der Waals surface area contributed by atoms with E-state index in [1.54, 1.807) is 38.2 Å². The molecule has 0 saturated carbocycles. The number of rotatable bonds is 5. The lowest BCUT2D eigenvalue weighted by Gasteiger charge is -2.34. The maximum atomic E-state index is 12.7. The Hall–Kier alpha value is -2.72. The van der Waals surface area contributed by atoms with E-state index in [1.807, 2.05) is 24.4 Å². The second-order valence-electron chi connectivity index (χ2n) is 7.55. The number of nitrogens with one attached hydrogen (secondary N) is 1. The van der Waals surface area contributed by atoms with Crippen molar-refractivity contribution in [2.75, 3.05) is 32.8 Å². The zero-order valence-corrected chi connectivity index (χ0v) is 16.9. The van der Waals surface area contributed by atoms with Crippen LogP contribution < -0.4 is 5.32 Å². The zero-order chi connectivity index (χ0) is 20.7. The van der Waals surface area contributed by atoms with Crippen LogP contribution in [0.4, 0.5) is 0 Å². The fourth-order valence-corrected chi connectivity index (χ4v) is 3.17. The number of nitrogens with zero attached hydrogens (tertiary/aromatic N) is 2. The standard InChI is InChI=1S/C23H27N3O3/c1-23(2,28)9-8-18-5-3-6-19(15-18)22(27)25-17-21(20-7-4-10-24-16-20)26-11-13-29-14-12-26/h3-7,10,15-16,21,28H,11-14,17H2,1-2H3,(H,25,27). The molecule has 0 radical (unpaired) electrons. The van der Waals surface area contributed by atoms with Gasteiger partial charge in [-0.15, -0.1) is 0 Å². The molecule has 1 saturated heterocycles. The number of hydrogen-bond donors (Lipinski definition) is 2. The molecular formula is C23H27N3O3. The molecule has 3 rings (SSSR count). The summed E-state index contributed by atoms with van der Waals surface area (Å²) in [6.07, 6.45) is 3.60. The summed E-state index contributed by atoms with van der Waals surface area (Å²) < 4.78 is 5.47. The molecule has 1 aliphatic rings. The van der Waals surface area contributed by atoms with Crippen molar-refractivity contribution >= 4 is 5.91 Å². The Morgan fingerprint density at radius 3 is 2.79 bits per heavy atom. The second-order valence-corrected chi connectivity index (χ2v) is 7.55. The summed E-state index contributed by atoms with van der Waals surface area (Å²) in [5.41, 5.74) is 1.23. The van der Waals surface area contributed by atoms with Crippen LogP contribution in [0.5, 0.6) is 0 Å². The van der Waals surface area contributed by atoms with Gasteiger partial charge < -0.3 is 15.2 Å². The van der Waals surface area contributed by atoms with Crippen molar-refractivity contribution in [1.82, 2.24) is 15.2 Å². The van der Waals surface area contributed by atoms with Gasteiger partial charge in [0.2, 0.25) is 0 Å². The van der Waals surface area contributed by atoms with Crippen molar-refractivity contribution in [3.8, 4) is 11.8 Å². The summed E-state index contributed by atoms with van der Waals surface area (Å²) in [7, 11) is 0. The Kier molecular flexibility index (Phi) is 6.99. The van der Waals surface area contributed by atoms with Crippen LogP contribution in [0.25, 0.3) is 0 Å². The Morgan fingerprint density at radius 2 is 2.10 bits per heavy atom. The van der Waals surface area contributed by atoms with Gasteiger partial charge in [-0.25, -0.2) is 0 Å². The third-order valence-electron chi connectivity index (χ3n) is 4.65. The van der Waals surface area contributed by atoms with Gasteiger partial charge in [-0.2, -0.15) is 0 Å². The molecule has 0 spiro atoms. The number of amides is 1. The number of morpholine rings is 1. The molecule has 1 atom stereocenters.